The van der Waals surface area contributed by atoms with Crippen molar-refractivity contribution in [2.75, 3.05) is 26.8 Å². The van der Waals surface area contributed by atoms with Crippen molar-refractivity contribution < 1.29 is 19.1 Å². The number of hydrogen-bond donors (Lipinski definition) is 0. The second kappa shape index (κ2) is 6.18. The summed E-state index contributed by atoms with van der Waals surface area (Å²) < 4.78 is 10.1. The van der Waals surface area contributed by atoms with Crippen LogP contribution in [0.1, 0.15) is 33.6 Å². The number of Topliss-reactive ketones (excluding diaryl/α,β-unsaturated/α-hetero) is 1. The number of rotatable bonds is 6. The zero-order valence-corrected chi connectivity index (χ0v) is 11.7. The van der Waals surface area contributed by atoms with Crippen LogP contribution in [-0.4, -0.2) is 49.2 Å². The maximum atomic E-state index is 12.0. The van der Waals surface area contributed by atoms with E-state index in [0.29, 0.717) is 12.5 Å². The number of ketones is 1. The van der Waals surface area contributed by atoms with Gasteiger partial charge in [0.05, 0.1) is 6.54 Å². The van der Waals surface area contributed by atoms with Gasteiger partial charge < -0.3 is 14.4 Å². The van der Waals surface area contributed by atoms with E-state index >= 15 is 0 Å². The third-order valence-corrected chi connectivity index (χ3v) is 2.50. The lowest BCUT2D eigenvalue weighted by atomic mass is 10.2. The van der Waals surface area contributed by atoms with E-state index < -0.39 is 11.7 Å². The number of ether oxygens (including phenoxy) is 2. The Labute approximate surface area is 108 Å². The van der Waals surface area contributed by atoms with Crippen LogP contribution < -0.4 is 0 Å². The van der Waals surface area contributed by atoms with Gasteiger partial charge in [-0.1, -0.05) is 0 Å². The molecule has 0 unspecified atom stereocenters. The van der Waals surface area contributed by atoms with Crippen molar-refractivity contribution in [1.29, 1.82) is 0 Å². The van der Waals surface area contributed by atoms with Gasteiger partial charge in [0.2, 0.25) is 0 Å². The first kappa shape index (κ1) is 15.0. The summed E-state index contributed by atoms with van der Waals surface area (Å²) in [6.07, 6.45) is 1.83. The van der Waals surface area contributed by atoms with Crippen molar-refractivity contribution in [3.05, 3.63) is 0 Å². The molecule has 0 N–H and O–H groups in total. The standard InChI is InChI=1S/C13H23NO4/c1-13(2,3)18-12(16)14(7-10-5-6-10)8-11(15)9-17-4/h10H,5-9H2,1-4H3. The second-order valence-corrected chi connectivity index (χ2v) is 5.78. The molecule has 5 nitrogen and oxygen atoms in total. The maximum Gasteiger partial charge on any atom is 0.410 e. The van der Waals surface area contributed by atoms with Gasteiger partial charge in [0, 0.05) is 13.7 Å². The van der Waals surface area contributed by atoms with Gasteiger partial charge in [-0.2, -0.15) is 0 Å². The summed E-state index contributed by atoms with van der Waals surface area (Å²) >= 11 is 0. The predicted molar refractivity (Wildman–Crippen MR) is 67.4 cm³/mol. The Morgan fingerprint density at radius 3 is 2.33 bits per heavy atom. The average molecular weight is 257 g/mol. The van der Waals surface area contributed by atoms with Gasteiger partial charge in [-0.3, -0.25) is 4.79 Å². The molecule has 1 aliphatic rings. The Morgan fingerprint density at radius 1 is 1.28 bits per heavy atom. The summed E-state index contributed by atoms with van der Waals surface area (Å²) in [6.45, 7) is 6.15. The Morgan fingerprint density at radius 2 is 1.89 bits per heavy atom. The number of amides is 1. The van der Waals surface area contributed by atoms with E-state index in [9.17, 15) is 9.59 Å². The molecule has 18 heavy (non-hydrogen) atoms. The minimum atomic E-state index is -0.539. The van der Waals surface area contributed by atoms with Gasteiger partial charge in [0.15, 0.2) is 5.78 Å². The molecule has 0 atom stereocenters. The van der Waals surface area contributed by atoms with Crippen LogP contribution in [0.25, 0.3) is 0 Å². The molecule has 104 valence electrons. The number of carbonyl (C=O) groups is 2. The third kappa shape index (κ3) is 6.00. The lowest BCUT2D eigenvalue weighted by Gasteiger charge is -2.27. The molecule has 0 aromatic heterocycles. The number of methoxy groups -OCH3 is 1. The Hall–Kier alpha value is -1.10. The highest BCUT2D eigenvalue weighted by atomic mass is 16.6. The fraction of sp³-hybridized carbons (Fsp3) is 0.846. The molecule has 5 heteroatoms. The lowest BCUT2D eigenvalue weighted by molar-refractivity contribution is -0.123. The van der Waals surface area contributed by atoms with Crippen LogP contribution in [0.3, 0.4) is 0 Å². The second-order valence-electron chi connectivity index (χ2n) is 5.78. The largest absolute Gasteiger partial charge is 0.444 e. The van der Waals surface area contributed by atoms with E-state index in [2.05, 4.69) is 0 Å². The van der Waals surface area contributed by atoms with Gasteiger partial charge in [-0.05, 0) is 39.5 Å². The SMILES string of the molecule is COCC(=O)CN(CC1CC1)C(=O)OC(C)(C)C. The van der Waals surface area contributed by atoms with Crippen molar-refractivity contribution in [3.8, 4) is 0 Å². The summed E-state index contributed by atoms with van der Waals surface area (Å²) in [5, 5.41) is 0. The molecule has 1 fully saturated rings. The number of hydrogen-bond acceptors (Lipinski definition) is 4. The normalized spacial score (nSPS) is 15.3. The molecule has 1 aliphatic carbocycles. The first-order chi connectivity index (χ1) is 8.31. The first-order valence-corrected chi connectivity index (χ1v) is 6.30. The van der Waals surface area contributed by atoms with Crippen LogP contribution in [0.4, 0.5) is 4.79 Å². The van der Waals surface area contributed by atoms with Crippen molar-refractivity contribution >= 4 is 11.9 Å². The minimum Gasteiger partial charge on any atom is -0.444 e. The lowest BCUT2D eigenvalue weighted by Crippen LogP contribution is -2.41. The van der Waals surface area contributed by atoms with Crippen LogP contribution >= 0.6 is 0 Å². The Balaban J connectivity index is 2.53. The molecular weight excluding hydrogens is 234 g/mol. The summed E-state index contributed by atoms with van der Waals surface area (Å²) in [6, 6.07) is 0. The summed E-state index contributed by atoms with van der Waals surface area (Å²) in [4.78, 5) is 25.0. The van der Waals surface area contributed by atoms with Gasteiger partial charge >= 0.3 is 6.09 Å². The van der Waals surface area contributed by atoms with E-state index in [1.807, 2.05) is 20.8 Å². The topological polar surface area (TPSA) is 55.8 Å². The van der Waals surface area contributed by atoms with Gasteiger partial charge in [-0.25, -0.2) is 4.79 Å². The zero-order chi connectivity index (χ0) is 13.8. The van der Waals surface area contributed by atoms with Crippen molar-refractivity contribution in [1.82, 2.24) is 4.90 Å². The highest BCUT2D eigenvalue weighted by molar-refractivity contribution is 5.85. The monoisotopic (exact) mass is 257 g/mol. The van der Waals surface area contributed by atoms with Crippen molar-refractivity contribution in [2.45, 2.75) is 39.2 Å². The highest BCUT2D eigenvalue weighted by Crippen LogP contribution is 2.30. The van der Waals surface area contributed by atoms with E-state index in [0.717, 1.165) is 12.8 Å². The molecule has 0 radical (unpaired) electrons. The molecule has 1 saturated carbocycles. The number of carbonyl (C=O) groups excluding carboxylic acids is 2. The summed E-state index contributed by atoms with van der Waals surface area (Å²) in [5.41, 5.74) is -0.539. The van der Waals surface area contributed by atoms with Gasteiger partial charge in [0.1, 0.15) is 12.2 Å². The quantitative estimate of drug-likeness (QED) is 0.728. The van der Waals surface area contributed by atoms with Crippen LogP contribution in [0.15, 0.2) is 0 Å². The molecule has 0 heterocycles. The fourth-order valence-electron chi connectivity index (χ4n) is 1.56. The Kier molecular flexibility index (Phi) is 5.14. The van der Waals surface area contributed by atoms with Gasteiger partial charge in [0.25, 0.3) is 0 Å². The fourth-order valence-corrected chi connectivity index (χ4v) is 1.56. The zero-order valence-electron chi connectivity index (χ0n) is 11.7. The van der Waals surface area contributed by atoms with Crippen molar-refractivity contribution in [3.63, 3.8) is 0 Å². The Bertz CT molecular complexity index is 305. The minimum absolute atomic E-state index is 0.0317. The molecular formula is C13H23NO4. The van der Waals surface area contributed by atoms with Crippen molar-refractivity contribution in [2.24, 2.45) is 5.92 Å². The van der Waals surface area contributed by atoms with Gasteiger partial charge in [-0.15, -0.1) is 0 Å². The molecule has 1 amide bonds. The molecule has 0 aromatic rings. The van der Waals surface area contributed by atoms with Crippen LogP contribution in [0, 0.1) is 5.92 Å². The van der Waals surface area contributed by atoms with E-state index in [-0.39, 0.29) is 18.9 Å². The van der Waals surface area contributed by atoms with E-state index in [1.165, 1.54) is 12.0 Å². The molecule has 0 saturated heterocycles. The molecule has 1 rings (SSSR count). The molecule has 0 bridgehead atoms. The highest BCUT2D eigenvalue weighted by Gasteiger charge is 2.30. The number of nitrogens with zero attached hydrogens (tertiary/aromatic N) is 1. The smallest absolute Gasteiger partial charge is 0.410 e. The van der Waals surface area contributed by atoms with Crippen LogP contribution in [-0.2, 0) is 14.3 Å². The summed E-state index contributed by atoms with van der Waals surface area (Å²) in [7, 11) is 1.47. The van der Waals surface area contributed by atoms with E-state index in [4.69, 9.17) is 9.47 Å². The first-order valence-electron chi connectivity index (χ1n) is 6.30. The van der Waals surface area contributed by atoms with E-state index in [1.54, 1.807) is 0 Å². The molecule has 0 aromatic carbocycles. The molecule has 0 aliphatic heterocycles. The van der Waals surface area contributed by atoms with Crippen LogP contribution in [0.5, 0.6) is 0 Å². The predicted octanol–water partition coefficient (Wildman–Crippen LogP) is 1.85. The third-order valence-electron chi connectivity index (χ3n) is 2.50. The van der Waals surface area contributed by atoms with Crippen LogP contribution in [0.2, 0.25) is 0 Å². The molecule has 0 spiro atoms. The maximum absolute atomic E-state index is 12.0. The summed E-state index contributed by atoms with van der Waals surface area (Å²) in [5.74, 6) is 0.414. The average Bonchev–Trinajstić information content (AvgIpc) is 2.98.